The number of benzene rings is 1. The number of rotatable bonds is 2. The number of carbonyl (C=O) groups excluding carboxylic acids is 1. The van der Waals surface area contributed by atoms with E-state index in [0.29, 0.717) is 18.9 Å². The molecule has 0 amide bonds. The molecule has 1 saturated heterocycles. The first kappa shape index (κ1) is 13.5. The van der Waals surface area contributed by atoms with Gasteiger partial charge in [-0.2, -0.15) is 0 Å². The highest BCUT2D eigenvalue weighted by molar-refractivity contribution is 6.45. The molecule has 1 aromatic heterocycles. The summed E-state index contributed by atoms with van der Waals surface area (Å²) in [4.78, 5) is 19.2. The average Bonchev–Trinajstić information content (AvgIpc) is 3.06. The zero-order chi connectivity index (χ0) is 15.8. The largest absolute Gasteiger partial charge is 0.437 e. The minimum absolute atomic E-state index is 0.0303. The second-order valence-electron chi connectivity index (χ2n) is 7.21. The summed E-state index contributed by atoms with van der Waals surface area (Å²) in [5, 5.41) is 9.62. The van der Waals surface area contributed by atoms with Gasteiger partial charge in [-0.3, -0.25) is 4.79 Å². The number of carbonyl (C=O) groups is 1. The van der Waals surface area contributed by atoms with Crippen molar-refractivity contribution in [2.75, 3.05) is 13.1 Å². The van der Waals surface area contributed by atoms with E-state index in [1.807, 2.05) is 29.5 Å². The first-order valence-corrected chi connectivity index (χ1v) is 8.18. The van der Waals surface area contributed by atoms with Crippen LogP contribution in [0, 0.1) is 11.3 Å². The Morgan fingerprint density at radius 1 is 1.35 bits per heavy atom. The van der Waals surface area contributed by atoms with Gasteiger partial charge >= 0.3 is 7.05 Å². The number of hydrogen-bond donors (Lipinski definition) is 1. The van der Waals surface area contributed by atoms with Crippen molar-refractivity contribution >= 4 is 12.8 Å². The van der Waals surface area contributed by atoms with Gasteiger partial charge in [0.15, 0.2) is 0 Å². The predicted molar refractivity (Wildman–Crippen MR) is 86.8 cm³/mol. The molecule has 2 atom stereocenters. The standard InChI is InChI=1S/C17H18BN3O2/c1-18(23)20-8-17(9-20)6-13(16(17)22)15-12-5-3-2-4-11(12)14-7-19-10-21(14)15/h2-5,7,10,13,15,23H,6,8-9H2,1H3. The summed E-state index contributed by atoms with van der Waals surface area (Å²) < 4.78 is 2.16. The van der Waals surface area contributed by atoms with Crippen molar-refractivity contribution < 1.29 is 9.82 Å². The quantitative estimate of drug-likeness (QED) is 0.853. The molecule has 2 aromatic rings. The number of aromatic nitrogens is 2. The van der Waals surface area contributed by atoms with Gasteiger partial charge in [0.05, 0.1) is 29.7 Å². The summed E-state index contributed by atoms with van der Waals surface area (Å²) in [6.45, 7) is 3.16. The van der Waals surface area contributed by atoms with E-state index in [4.69, 9.17) is 0 Å². The topological polar surface area (TPSA) is 58.4 Å². The third-order valence-electron chi connectivity index (χ3n) is 5.91. The zero-order valence-electron chi connectivity index (χ0n) is 13.0. The van der Waals surface area contributed by atoms with Gasteiger partial charge in [0.1, 0.15) is 5.78 Å². The third-order valence-corrected chi connectivity index (χ3v) is 5.91. The van der Waals surface area contributed by atoms with Crippen molar-refractivity contribution in [3.8, 4) is 11.3 Å². The van der Waals surface area contributed by atoms with E-state index in [0.717, 1.165) is 12.1 Å². The molecule has 2 unspecified atom stereocenters. The highest BCUT2D eigenvalue weighted by atomic mass is 16.2. The van der Waals surface area contributed by atoms with Crippen LogP contribution in [0.2, 0.25) is 6.82 Å². The lowest BCUT2D eigenvalue weighted by atomic mass is 9.52. The molecule has 1 aromatic carbocycles. The van der Waals surface area contributed by atoms with Crippen molar-refractivity contribution in [2.24, 2.45) is 11.3 Å². The van der Waals surface area contributed by atoms with E-state index in [-0.39, 0.29) is 17.4 Å². The SMILES string of the molecule is CB(O)N1CC2(CC(C3c4ccccc4-c4cncn43)C2=O)C1. The lowest BCUT2D eigenvalue weighted by Crippen LogP contribution is -2.71. The maximum Gasteiger partial charge on any atom is 0.376 e. The lowest BCUT2D eigenvalue weighted by molar-refractivity contribution is -0.160. The molecule has 6 heteroatoms. The van der Waals surface area contributed by atoms with Gasteiger partial charge in [-0.05, 0) is 18.8 Å². The molecule has 23 heavy (non-hydrogen) atoms. The molecule has 116 valence electrons. The Kier molecular flexibility index (Phi) is 2.55. The lowest BCUT2D eigenvalue weighted by Gasteiger charge is -2.59. The normalized spacial score (nSPS) is 27.3. The van der Waals surface area contributed by atoms with Gasteiger partial charge in [0.2, 0.25) is 0 Å². The third kappa shape index (κ3) is 1.60. The van der Waals surface area contributed by atoms with Crippen LogP contribution in [0.15, 0.2) is 36.8 Å². The second kappa shape index (κ2) is 4.33. The summed E-state index contributed by atoms with van der Waals surface area (Å²) in [6, 6.07) is 8.41. The first-order valence-electron chi connectivity index (χ1n) is 8.18. The Morgan fingerprint density at radius 3 is 2.87 bits per heavy atom. The minimum Gasteiger partial charge on any atom is -0.437 e. The van der Waals surface area contributed by atoms with Crippen molar-refractivity contribution in [3.05, 3.63) is 42.4 Å². The van der Waals surface area contributed by atoms with Gasteiger partial charge in [0, 0.05) is 24.6 Å². The molecule has 5 nitrogen and oxygen atoms in total. The Balaban J connectivity index is 1.46. The van der Waals surface area contributed by atoms with E-state index in [2.05, 4.69) is 21.7 Å². The van der Waals surface area contributed by atoms with Gasteiger partial charge < -0.3 is 14.4 Å². The Bertz CT molecular complexity index is 810. The van der Waals surface area contributed by atoms with E-state index in [9.17, 15) is 9.82 Å². The second-order valence-corrected chi connectivity index (χ2v) is 7.21. The fourth-order valence-electron chi connectivity index (χ4n) is 4.70. The molecule has 5 rings (SSSR count). The first-order chi connectivity index (χ1) is 11.1. The number of fused-ring (bicyclic) bond motifs is 3. The Hall–Kier alpha value is -1.92. The number of nitrogens with zero attached hydrogens (tertiary/aromatic N) is 3. The monoisotopic (exact) mass is 307 g/mol. The molecule has 3 heterocycles. The smallest absolute Gasteiger partial charge is 0.376 e. The van der Waals surface area contributed by atoms with Crippen LogP contribution in [-0.2, 0) is 4.79 Å². The number of Topliss-reactive ketones (excluding diaryl/α,β-unsaturated/α-hetero) is 1. The maximum absolute atomic E-state index is 12.9. The van der Waals surface area contributed by atoms with E-state index < -0.39 is 7.05 Å². The molecule has 3 aliphatic rings. The van der Waals surface area contributed by atoms with Crippen molar-refractivity contribution in [1.82, 2.24) is 14.4 Å². The molecule has 2 aliphatic heterocycles. The van der Waals surface area contributed by atoms with E-state index in [1.54, 1.807) is 6.82 Å². The zero-order valence-corrected chi connectivity index (χ0v) is 13.0. The number of imidazole rings is 1. The minimum atomic E-state index is -0.458. The van der Waals surface area contributed by atoms with Gasteiger partial charge in [0.25, 0.3) is 0 Å². The predicted octanol–water partition coefficient (Wildman–Crippen LogP) is 1.45. The van der Waals surface area contributed by atoms with Gasteiger partial charge in [-0.15, -0.1) is 0 Å². The summed E-state index contributed by atoms with van der Waals surface area (Å²) in [5.41, 5.74) is 3.34. The fraction of sp³-hybridized carbons (Fsp3) is 0.412. The molecule has 1 spiro atoms. The molecule has 1 saturated carbocycles. The molecule has 0 radical (unpaired) electrons. The molecule has 0 bridgehead atoms. The van der Waals surface area contributed by atoms with Crippen LogP contribution in [0.5, 0.6) is 0 Å². The van der Waals surface area contributed by atoms with Crippen molar-refractivity contribution in [1.29, 1.82) is 0 Å². The number of ketones is 1. The maximum atomic E-state index is 12.9. The summed E-state index contributed by atoms with van der Waals surface area (Å²) >= 11 is 0. The molecule has 1 N–H and O–H groups in total. The fourth-order valence-corrected chi connectivity index (χ4v) is 4.70. The Morgan fingerprint density at radius 2 is 2.13 bits per heavy atom. The van der Waals surface area contributed by atoms with Crippen LogP contribution in [0.3, 0.4) is 0 Å². The van der Waals surface area contributed by atoms with Crippen LogP contribution in [0.25, 0.3) is 11.3 Å². The Labute approximate surface area is 135 Å². The highest BCUT2D eigenvalue weighted by Crippen LogP contribution is 2.56. The van der Waals surface area contributed by atoms with Crippen molar-refractivity contribution in [3.63, 3.8) is 0 Å². The number of hydrogen-bond acceptors (Lipinski definition) is 4. The van der Waals surface area contributed by atoms with Gasteiger partial charge in [-0.1, -0.05) is 24.3 Å². The molecular formula is C17H18BN3O2. The summed E-state index contributed by atoms with van der Waals surface area (Å²) in [6.07, 6.45) is 4.64. The van der Waals surface area contributed by atoms with Crippen LogP contribution >= 0.6 is 0 Å². The summed E-state index contributed by atoms with van der Waals surface area (Å²) in [7, 11) is -0.458. The van der Waals surface area contributed by atoms with Crippen molar-refractivity contribution in [2.45, 2.75) is 19.3 Å². The van der Waals surface area contributed by atoms with E-state index in [1.165, 1.54) is 11.1 Å². The van der Waals surface area contributed by atoms with E-state index >= 15 is 0 Å². The average molecular weight is 307 g/mol. The van der Waals surface area contributed by atoms with Crippen LogP contribution in [0.1, 0.15) is 18.0 Å². The summed E-state index contributed by atoms with van der Waals surface area (Å²) in [5.74, 6) is 0.388. The van der Waals surface area contributed by atoms with Gasteiger partial charge in [-0.25, -0.2) is 4.98 Å². The van der Waals surface area contributed by atoms with Crippen LogP contribution in [0.4, 0.5) is 0 Å². The molecule has 2 fully saturated rings. The van der Waals surface area contributed by atoms with Crippen LogP contribution in [-0.4, -0.2) is 45.3 Å². The van der Waals surface area contributed by atoms with Crippen LogP contribution < -0.4 is 0 Å². The molecule has 1 aliphatic carbocycles. The molecular weight excluding hydrogens is 289 g/mol. The highest BCUT2D eigenvalue weighted by Gasteiger charge is 2.63.